The van der Waals surface area contributed by atoms with Gasteiger partial charge in [0.1, 0.15) is 12.3 Å². The monoisotopic (exact) mass is 280 g/mol. The lowest BCUT2D eigenvalue weighted by Gasteiger charge is -2.21. The molecule has 0 spiro atoms. The van der Waals surface area contributed by atoms with Crippen molar-refractivity contribution in [1.82, 2.24) is 9.80 Å². The molecule has 19 heavy (non-hydrogen) atoms. The van der Waals surface area contributed by atoms with Crippen molar-refractivity contribution in [3.63, 3.8) is 0 Å². The van der Waals surface area contributed by atoms with Crippen LogP contribution in [0.1, 0.15) is 5.56 Å². The summed E-state index contributed by atoms with van der Waals surface area (Å²) in [5.74, 6) is 1.09. The molecule has 2 rings (SSSR count). The van der Waals surface area contributed by atoms with Crippen molar-refractivity contribution in [3.8, 4) is 5.75 Å². The minimum absolute atomic E-state index is 0.00862. The molecule has 0 atom stereocenters. The maximum atomic E-state index is 12.0. The van der Waals surface area contributed by atoms with Gasteiger partial charge >= 0.3 is 0 Å². The Morgan fingerprint density at radius 1 is 1.47 bits per heavy atom. The molecule has 0 radical (unpaired) electrons. The number of thioether (sulfide) groups is 1. The van der Waals surface area contributed by atoms with Crippen molar-refractivity contribution >= 4 is 23.6 Å². The number of aromatic hydroxyl groups is 1. The standard InChI is InChI=1S/C13H16N2O3S/c1-14(6-10-4-2-3-5-11(10)16)12(17)7-15-9-19-8-13(15)18/h2-5,16H,6-9H2,1H3. The van der Waals surface area contributed by atoms with Gasteiger partial charge in [0.2, 0.25) is 11.8 Å². The third-order valence-electron chi connectivity index (χ3n) is 2.98. The highest BCUT2D eigenvalue weighted by Gasteiger charge is 2.24. The van der Waals surface area contributed by atoms with Gasteiger partial charge in [0.05, 0.1) is 11.6 Å². The van der Waals surface area contributed by atoms with Gasteiger partial charge in [-0.2, -0.15) is 0 Å². The van der Waals surface area contributed by atoms with Gasteiger partial charge in [-0.1, -0.05) is 18.2 Å². The van der Waals surface area contributed by atoms with Crippen LogP contribution in [0.3, 0.4) is 0 Å². The molecule has 5 nitrogen and oxygen atoms in total. The molecule has 1 aliphatic rings. The van der Waals surface area contributed by atoms with Crippen LogP contribution in [0.4, 0.5) is 0 Å². The first-order valence-electron chi connectivity index (χ1n) is 5.94. The Bertz CT molecular complexity index is 493. The predicted octanol–water partition coefficient (Wildman–Crippen LogP) is 0.883. The molecule has 1 aromatic rings. The summed E-state index contributed by atoms with van der Waals surface area (Å²) < 4.78 is 0. The number of phenolic OH excluding ortho intramolecular Hbond substituents is 1. The fourth-order valence-corrected chi connectivity index (χ4v) is 2.72. The first-order valence-corrected chi connectivity index (χ1v) is 7.10. The first kappa shape index (κ1) is 13.7. The van der Waals surface area contributed by atoms with Crippen molar-refractivity contribution < 1.29 is 14.7 Å². The van der Waals surface area contributed by atoms with Crippen molar-refractivity contribution in [2.45, 2.75) is 6.54 Å². The molecule has 1 heterocycles. The largest absolute Gasteiger partial charge is 0.508 e. The lowest BCUT2D eigenvalue weighted by atomic mass is 10.2. The van der Waals surface area contributed by atoms with Crippen LogP contribution in [0.2, 0.25) is 0 Å². The molecule has 0 saturated carbocycles. The summed E-state index contributed by atoms with van der Waals surface area (Å²) in [6.07, 6.45) is 0. The SMILES string of the molecule is CN(Cc1ccccc1O)C(=O)CN1CSCC1=O. The van der Waals surface area contributed by atoms with E-state index >= 15 is 0 Å². The Hall–Kier alpha value is -1.69. The Labute approximate surface area is 116 Å². The molecular formula is C13H16N2O3S. The van der Waals surface area contributed by atoms with E-state index < -0.39 is 0 Å². The van der Waals surface area contributed by atoms with Crippen LogP contribution in [-0.2, 0) is 16.1 Å². The molecule has 0 aromatic heterocycles. The van der Waals surface area contributed by atoms with E-state index in [1.54, 1.807) is 30.1 Å². The van der Waals surface area contributed by atoms with Crippen LogP contribution >= 0.6 is 11.8 Å². The Morgan fingerprint density at radius 3 is 2.84 bits per heavy atom. The fourth-order valence-electron chi connectivity index (χ4n) is 1.81. The van der Waals surface area contributed by atoms with Gasteiger partial charge in [-0.15, -0.1) is 11.8 Å². The summed E-state index contributed by atoms with van der Waals surface area (Å²) in [6.45, 7) is 0.441. The smallest absolute Gasteiger partial charge is 0.242 e. The molecule has 1 aliphatic heterocycles. The average molecular weight is 280 g/mol. The topological polar surface area (TPSA) is 60.9 Å². The summed E-state index contributed by atoms with van der Waals surface area (Å²) in [4.78, 5) is 26.5. The minimum atomic E-state index is -0.126. The minimum Gasteiger partial charge on any atom is -0.508 e. The number of likely N-dealkylation sites (N-methyl/N-ethyl adjacent to an activating group) is 1. The number of phenols is 1. The Kier molecular flexibility index (Phi) is 4.31. The van der Waals surface area contributed by atoms with E-state index in [1.807, 2.05) is 6.07 Å². The Balaban J connectivity index is 1.92. The zero-order valence-electron chi connectivity index (χ0n) is 10.7. The van der Waals surface area contributed by atoms with Gasteiger partial charge in [0, 0.05) is 19.2 Å². The van der Waals surface area contributed by atoms with Gasteiger partial charge in [-0.3, -0.25) is 9.59 Å². The highest BCUT2D eigenvalue weighted by molar-refractivity contribution is 8.00. The second-order valence-corrected chi connectivity index (χ2v) is 5.40. The molecule has 0 unspecified atom stereocenters. The van der Waals surface area contributed by atoms with Crippen LogP contribution in [0.5, 0.6) is 5.75 Å². The number of benzene rings is 1. The quantitative estimate of drug-likeness (QED) is 0.889. The highest BCUT2D eigenvalue weighted by atomic mass is 32.2. The summed E-state index contributed by atoms with van der Waals surface area (Å²) in [6, 6.07) is 6.92. The average Bonchev–Trinajstić information content (AvgIpc) is 2.78. The van der Waals surface area contributed by atoms with Crippen LogP contribution in [0.25, 0.3) is 0 Å². The molecule has 1 fully saturated rings. The summed E-state index contributed by atoms with van der Waals surface area (Å²) in [5.41, 5.74) is 0.695. The van der Waals surface area contributed by atoms with Crippen LogP contribution < -0.4 is 0 Å². The van der Waals surface area contributed by atoms with E-state index in [9.17, 15) is 14.7 Å². The lowest BCUT2D eigenvalue weighted by molar-refractivity contribution is -0.137. The second kappa shape index (κ2) is 5.97. The number of hydrogen-bond acceptors (Lipinski definition) is 4. The number of carbonyl (C=O) groups is 2. The van der Waals surface area contributed by atoms with E-state index in [4.69, 9.17) is 0 Å². The zero-order chi connectivity index (χ0) is 13.8. The van der Waals surface area contributed by atoms with E-state index in [1.165, 1.54) is 16.7 Å². The van der Waals surface area contributed by atoms with E-state index in [0.29, 0.717) is 23.7 Å². The van der Waals surface area contributed by atoms with Crippen molar-refractivity contribution in [3.05, 3.63) is 29.8 Å². The molecule has 0 bridgehead atoms. The van der Waals surface area contributed by atoms with Gasteiger partial charge in [-0.25, -0.2) is 0 Å². The van der Waals surface area contributed by atoms with Gasteiger partial charge in [0.25, 0.3) is 0 Å². The van der Waals surface area contributed by atoms with Crippen molar-refractivity contribution in [2.75, 3.05) is 25.2 Å². The fraction of sp³-hybridized carbons (Fsp3) is 0.385. The van der Waals surface area contributed by atoms with Crippen LogP contribution in [-0.4, -0.2) is 51.9 Å². The van der Waals surface area contributed by atoms with Crippen LogP contribution in [0, 0.1) is 0 Å². The third-order valence-corrected chi connectivity index (χ3v) is 3.92. The first-order chi connectivity index (χ1) is 9.08. The molecule has 1 aromatic carbocycles. The molecular weight excluding hydrogens is 264 g/mol. The summed E-state index contributed by atoms with van der Waals surface area (Å²) in [7, 11) is 1.67. The van der Waals surface area contributed by atoms with Gasteiger partial charge in [-0.05, 0) is 6.07 Å². The lowest BCUT2D eigenvalue weighted by Crippen LogP contribution is -2.38. The van der Waals surface area contributed by atoms with Crippen LogP contribution in [0.15, 0.2) is 24.3 Å². The van der Waals surface area contributed by atoms with E-state index in [2.05, 4.69) is 0 Å². The third kappa shape index (κ3) is 3.41. The molecule has 102 valence electrons. The molecule has 1 N–H and O–H groups in total. The molecule has 2 amide bonds. The van der Waals surface area contributed by atoms with Crippen molar-refractivity contribution in [1.29, 1.82) is 0 Å². The van der Waals surface area contributed by atoms with E-state index in [-0.39, 0.29) is 24.1 Å². The predicted molar refractivity (Wildman–Crippen MR) is 73.6 cm³/mol. The van der Waals surface area contributed by atoms with Crippen molar-refractivity contribution in [2.24, 2.45) is 0 Å². The van der Waals surface area contributed by atoms with Gasteiger partial charge in [0.15, 0.2) is 0 Å². The number of nitrogens with zero attached hydrogens (tertiary/aromatic N) is 2. The number of hydrogen-bond donors (Lipinski definition) is 1. The number of amides is 2. The summed E-state index contributed by atoms with van der Waals surface area (Å²) in [5, 5.41) is 9.66. The second-order valence-electron chi connectivity index (χ2n) is 4.45. The number of para-hydroxylation sites is 1. The number of carbonyl (C=O) groups excluding carboxylic acids is 2. The van der Waals surface area contributed by atoms with Gasteiger partial charge < -0.3 is 14.9 Å². The zero-order valence-corrected chi connectivity index (χ0v) is 11.5. The molecule has 6 heteroatoms. The summed E-state index contributed by atoms with van der Waals surface area (Å²) >= 11 is 1.52. The maximum Gasteiger partial charge on any atom is 0.242 e. The Morgan fingerprint density at radius 2 is 2.21 bits per heavy atom. The maximum absolute atomic E-state index is 12.0. The normalized spacial score (nSPS) is 14.8. The molecule has 0 aliphatic carbocycles. The molecule has 1 saturated heterocycles. The highest BCUT2D eigenvalue weighted by Crippen LogP contribution is 2.18. The number of rotatable bonds is 4. The van der Waals surface area contributed by atoms with E-state index in [0.717, 1.165) is 0 Å².